The zero-order chi connectivity index (χ0) is 22.1. The lowest BCUT2D eigenvalue weighted by molar-refractivity contribution is -0.114. The van der Waals surface area contributed by atoms with Crippen molar-refractivity contribution in [3.63, 3.8) is 0 Å². The fraction of sp³-hybridized carbons (Fsp3) is 0.286. The number of carbonyl (C=O) groups excluding carboxylic acids is 1. The summed E-state index contributed by atoms with van der Waals surface area (Å²) in [6, 6.07) is 14.6. The number of aryl methyl sites for hydroxylation is 1. The van der Waals surface area contributed by atoms with Crippen molar-refractivity contribution in [3.8, 4) is 0 Å². The first-order valence-corrected chi connectivity index (χ1v) is 11.0. The van der Waals surface area contributed by atoms with Crippen molar-refractivity contribution in [2.75, 3.05) is 11.4 Å². The highest BCUT2D eigenvalue weighted by Crippen LogP contribution is 2.40. The summed E-state index contributed by atoms with van der Waals surface area (Å²) >= 11 is 0. The third kappa shape index (κ3) is 5.69. The molecule has 2 aromatic rings. The molecule has 0 radical (unpaired) electrons. The van der Waals surface area contributed by atoms with E-state index in [0.717, 1.165) is 24.0 Å². The zero-order valence-electron chi connectivity index (χ0n) is 18.5. The Morgan fingerprint density at radius 3 is 2.48 bits per heavy atom. The Hall–Kier alpha value is -3.20. The van der Waals surface area contributed by atoms with E-state index in [-0.39, 0.29) is 11.3 Å². The molecule has 0 atom stereocenters. The van der Waals surface area contributed by atoms with Crippen molar-refractivity contribution >= 4 is 11.7 Å². The molecular weight excluding hydrogens is 380 g/mol. The van der Waals surface area contributed by atoms with E-state index in [4.69, 9.17) is 0 Å². The van der Waals surface area contributed by atoms with Gasteiger partial charge in [0.25, 0.3) is 5.91 Å². The van der Waals surface area contributed by atoms with Gasteiger partial charge in [0.15, 0.2) is 0 Å². The molecule has 0 N–H and O–H groups in total. The Bertz CT molecular complexity index is 966. The van der Waals surface area contributed by atoms with Crippen molar-refractivity contribution < 1.29 is 4.79 Å². The maximum atomic E-state index is 13.4. The molecule has 1 heterocycles. The molecule has 1 aromatic heterocycles. The van der Waals surface area contributed by atoms with Crippen LogP contribution in [0.3, 0.4) is 0 Å². The average Bonchev–Trinajstić information content (AvgIpc) is 2.81. The van der Waals surface area contributed by atoms with Crippen LogP contribution in [0.4, 0.5) is 5.82 Å². The van der Waals surface area contributed by atoms with Crippen LogP contribution in [-0.2, 0) is 10.2 Å². The quantitative estimate of drug-likeness (QED) is 0.367. The van der Waals surface area contributed by atoms with Gasteiger partial charge in [-0.05, 0) is 54.7 Å². The number of allylic oxidation sites excluding steroid dienone is 5. The maximum absolute atomic E-state index is 13.4. The minimum Gasteiger partial charge on any atom is -0.292 e. The highest BCUT2D eigenvalue weighted by atomic mass is 16.2. The molecule has 3 nitrogen and oxygen atoms in total. The van der Waals surface area contributed by atoms with Gasteiger partial charge in [0.2, 0.25) is 0 Å². The Balaban J connectivity index is 2.00. The molecule has 1 aliphatic carbocycles. The van der Waals surface area contributed by atoms with Gasteiger partial charge in [0.05, 0.1) is 0 Å². The number of amides is 1. The summed E-state index contributed by atoms with van der Waals surface area (Å²) in [5.41, 5.74) is 3.17. The summed E-state index contributed by atoms with van der Waals surface area (Å²) in [6.45, 7) is 10.2. The van der Waals surface area contributed by atoms with Gasteiger partial charge in [0.1, 0.15) is 5.82 Å². The first-order valence-electron chi connectivity index (χ1n) is 11.0. The van der Waals surface area contributed by atoms with Crippen LogP contribution in [0.2, 0.25) is 0 Å². The number of anilines is 1. The van der Waals surface area contributed by atoms with Gasteiger partial charge in [-0.1, -0.05) is 81.0 Å². The monoisotopic (exact) mass is 412 g/mol. The lowest BCUT2D eigenvalue weighted by atomic mass is 9.69. The molecule has 1 saturated carbocycles. The van der Waals surface area contributed by atoms with Crippen LogP contribution >= 0.6 is 0 Å². The molecule has 1 amide bonds. The van der Waals surface area contributed by atoms with Gasteiger partial charge in [-0.25, -0.2) is 4.98 Å². The van der Waals surface area contributed by atoms with E-state index in [1.165, 1.54) is 24.8 Å². The molecule has 0 saturated heterocycles. The van der Waals surface area contributed by atoms with Gasteiger partial charge < -0.3 is 0 Å². The van der Waals surface area contributed by atoms with Crippen molar-refractivity contribution in [2.24, 2.45) is 0 Å². The number of aromatic nitrogens is 1. The van der Waals surface area contributed by atoms with E-state index in [1.54, 1.807) is 30.5 Å². The van der Waals surface area contributed by atoms with Crippen LogP contribution in [-0.4, -0.2) is 17.4 Å². The first-order chi connectivity index (χ1) is 15.1. The molecule has 160 valence electrons. The highest BCUT2D eigenvalue weighted by Gasteiger charge is 2.37. The van der Waals surface area contributed by atoms with Gasteiger partial charge in [-0.3, -0.25) is 9.69 Å². The van der Waals surface area contributed by atoms with E-state index >= 15 is 0 Å². The summed E-state index contributed by atoms with van der Waals surface area (Å²) in [7, 11) is 0. The molecule has 3 heteroatoms. The number of rotatable bonds is 8. The van der Waals surface area contributed by atoms with Crippen LogP contribution in [0.15, 0.2) is 97.8 Å². The lowest BCUT2D eigenvalue weighted by Crippen LogP contribution is -2.45. The third-order valence-electron chi connectivity index (χ3n) is 6.07. The van der Waals surface area contributed by atoms with Crippen LogP contribution in [0.25, 0.3) is 0 Å². The molecule has 0 unspecified atom stereocenters. The maximum Gasteiger partial charge on any atom is 0.252 e. The van der Waals surface area contributed by atoms with Crippen LogP contribution in [0, 0.1) is 6.92 Å². The Morgan fingerprint density at radius 2 is 1.84 bits per heavy atom. The molecular formula is C28H32N2O. The normalized spacial score (nSPS) is 16.1. The second-order valence-electron chi connectivity index (χ2n) is 8.26. The summed E-state index contributed by atoms with van der Waals surface area (Å²) in [5.74, 6) is 0.624. The molecule has 3 rings (SSSR count). The summed E-state index contributed by atoms with van der Waals surface area (Å²) < 4.78 is 0. The fourth-order valence-electron chi connectivity index (χ4n) is 4.39. The van der Waals surface area contributed by atoms with Crippen molar-refractivity contribution in [1.29, 1.82) is 0 Å². The van der Waals surface area contributed by atoms with Crippen LogP contribution < -0.4 is 4.90 Å². The number of hydrogen-bond acceptors (Lipinski definition) is 2. The smallest absolute Gasteiger partial charge is 0.252 e. The number of benzene rings is 1. The van der Waals surface area contributed by atoms with E-state index in [0.29, 0.717) is 12.4 Å². The van der Waals surface area contributed by atoms with Gasteiger partial charge in [0, 0.05) is 24.2 Å². The van der Waals surface area contributed by atoms with Crippen molar-refractivity contribution in [1.82, 2.24) is 4.98 Å². The second kappa shape index (κ2) is 10.7. The van der Waals surface area contributed by atoms with Gasteiger partial charge in [-0.2, -0.15) is 0 Å². The number of carbonyl (C=O) groups is 1. The number of hydrogen-bond donors (Lipinski definition) is 0. The van der Waals surface area contributed by atoms with E-state index in [9.17, 15) is 4.79 Å². The first kappa shape index (κ1) is 22.5. The highest BCUT2D eigenvalue weighted by molar-refractivity contribution is 6.01. The van der Waals surface area contributed by atoms with Crippen LogP contribution in [0.5, 0.6) is 0 Å². The standard InChI is InChI=1S/C28H32N2O/c1-4-12-24(5-2)15-16-27(31)30(26-21-23(3)17-20-29-26)22-28(18-10-7-11-19-28)25-13-8-6-9-14-25/h4-6,8-9,12-17,20-21H,1-2,7,10-11,18-19,22H2,3H3/b16-15+,24-12+. The molecule has 1 aliphatic rings. The number of pyridine rings is 1. The molecule has 0 spiro atoms. The Labute approximate surface area is 186 Å². The summed E-state index contributed by atoms with van der Waals surface area (Å²) in [4.78, 5) is 19.8. The predicted molar refractivity (Wildman–Crippen MR) is 130 cm³/mol. The van der Waals surface area contributed by atoms with E-state index in [1.807, 2.05) is 30.0 Å². The topological polar surface area (TPSA) is 33.2 Å². The van der Waals surface area contributed by atoms with E-state index < -0.39 is 0 Å². The lowest BCUT2D eigenvalue weighted by Gasteiger charge is -2.41. The van der Waals surface area contributed by atoms with Crippen molar-refractivity contribution in [3.05, 3.63) is 109 Å². The SMILES string of the molecule is C=C/C=C(C=C)/C=C/C(=O)N(CC1(c2ccccc2)CCCCC1)c1cc(C)ccn1. The van der Waals surface area contributed by atoms with Gasteiger partial charge >= 0.3 is 0 Å². The number of nitrogens with zero attached hydrogens (tertiary/aromatic N) is 2. The Kier molecular flexibility index (Phi) is 7.77. The summed E-state index contributed by atoms with van der Waals surface area (Å²) in [5, 5.41) is 0. The zero-order valence-corrected chi connectivity index (χ0v) is 18.5. The molecule has 1 fully saturated rings. The second-order valence-corrected chi connectivity index (χ2v) is 8.26. The van der Waals surface area contributed by atoms with E-state index in [2.05, 4.69) is 48.5 Å². The molecule has 0 aliphatic heterocycles. The average molecular weight is 413 g/mol. The minimum absolute atomic E-state index is 0.0628. The Morgan fingerprint density at radius 1 is 1.10 bits per heavy atom. The van der Waals surface area contributed by atoms with Crippen molar-refractivity contribution in [2.45, 2.75) is 44.4 Å². The van der Waals surface area contributed by atoms with Crippen LogP contribution in [0.1, 0.15) is 43.2 Å². The molecule has 31 heavy (non-hydrogen) atoms. The fourth-order valence-corrected chi connectivity index (χ4v) is 4.39. The third-order valence-corrected chi connectivity index (χ3v) is 6.07. The molecule has 0 bridgehead atoms. The summed E-state index contributed by atoms with van der Waals surface area (Å²) in [6.07, 6.45) is 16.2. The minimum atomic E-state index is -0.0733. The van der Waals surface area contributed by atoms with Gasteiger partial charge in [-0.15, -0.1) is 0 Å². The largest absolute Gasteiger partial charge is 0.292 e. The predicted octanol–water partition coefficient (Wildman–Crippen LogP) is 6.48. The molecule has 1 aromatic carbocycles.